The van der Waals surface area contributed by atoms with E-state index < -0.39 is 10.8 Å². The number of rotatable bonds is 3. The molecule has 4 saturated carbocycles. The van der Waals surface area contributed by atoms with E-state index in [1.807, 2.05) is 0 Å². The molecule has 4 aliphatic rings. The Bertz CT molecular complexity index is 679. The van der Waals surface area contributed by atoms with Crippen LogP contribution in [-0.4, -0.2) is 22.7 Å². The van der Waals surface area contributed by atoms with E-state index in [2.05, 4.69) is 20.8 Å². The van der Waals surface area contributed by atoms with E-state index in [-0.39, 0.29) is 28.6 Å². The van der Waals surface area contributed by atoms with Gasteiger partial charge in [0.15, 0.2) is 0 Å². The van der Waals surface area contributed by atoms with Crippen LogP contribution in [0, 0.1) is 46.3 Å². The van der Waals surface area contributed by atoms with Gasteiger partial charge in [0.1, 0.15) is 11.9 Å². The van der Waals surface area contributed by atoms with Crippen molar-refractivity contribution >= 4 is 35.0 Å². The molecule has 0 N–H and O–H groups in total. The molecule has 4 fully saturated rings. The molecule has 0 aromatic rings. The van der Waals surface area contributed by atoms with Crippen LogP contribution in [0.5, 0.6) is 0 Å². The number of esters is 1. The average Bonchev–Trinajstić information content (AvgIpc) is 2.97. The lowest BCUT2D eigenvalue weighted by Crippen LogP contribution is -2.60. The minimum atomic E-state index is -1.15. The molecule has 0 saturated heterocycles. The van der Waals surface area contributed by atoms with E-state index in [1.165, 1.54) is 32.1 Å². The summed E-state index contributed by atoms with van der Waals surface area (Å²) in [5.74, 6) is 2.68. The van der Waals surface area contributed by atoms with Crippen LogP contribution in [0.25, 0.3) is 0 Å². The summed E-state index contributed by atoms with van der Waals surface area (Å²) >= 11 is 11.8. The Morgan fingerprint density at radius 2 is 1.66 bits per heavy atom. The number of ketones is 1. The number of alkyl halides is 2. The summed E-state index contributed by atoms with van der Waals surface area (Å²) in [5.41, 5.74) is 0.102. The quantitative estimate of drug-likeness (QED) is 0.386. The van der Waals surface area contributed by atoms with Crippen LogP contribution in [0.1, 0.15) is 79.1 Å². The molecule has 4 rings (SSSR count). The average molecular weight is 443 g/mol. The Morgan fingerprint density at radius 1 is 0.966 bits per heavy atom. The van der Waals surface area contributed by atoms with Gasteiger partial charge in [-0.05, 0) is 86.4 Å². The Labute approximate surface area is 185 Å². The van der Waals surface area contributed by atoms with Gasteiger partial charge in [0.05, 0.1) is 0 Å². The van der Waals surface area contributed by atoms with Crippen molar-refractivity contribution in [3.8, 4) is 0 Å². The molecule has 29 heavy (non-hydrogen) atoms. The number of fused-ring (bicyclic) bond motifs is 5. The maximum atomic E-state index is 12.5. The Morgan fingerprint density at radius 3 is 2.31 bits per heavy atom. The van der Waals surface area contributed by atoms with Crippen molar-refractivity contribution in [3.63, 3.8) is 0 Å². The van der Waals surface area contributed by atoms with Crippen LogP contribution in [0.15, 0.2) is 0 Å². The van der Waals surface area contributed by atoms with Crippen molar-refractivity contribution in [1.82, 2.24) is 0 Å². The minimum absolute atomic E-state index is 0.0771. The number of Topliss-reactive ketones (excluding diaryl/α,β-unsaturated/α-hetero) is 1. The molecular formula is C24H36Cl2O3. The second kappa shape index (κ2) is 7.69. The topological polar surface area (TPSA) is 43.4 Å². The highest BCUT2D eigenvalue weighted by Gasteiger charge is 2.64. The molecule has 0 radical (unpaired) electrons. The van der Waals surface area contributed by atoms with Gasteiger partial charge in [0, 0.05) is 11.8 Å². The monoisotopic (exact) mass is 442 g/mol. The fraction of sp³-hybridized carbons (Fsp3) is 0.917. The SMILES string of the molecule is CC(=O)[C@H]1CC[C@H]2[C@@H]3CC[C@H]4CC[C@@H](C)C[C@]4(C)[C@H]3[C@@H](OC(=O)C(Cl)Cl)C[C@]12C. The van der Waals surface area contributed by atoms with Gasteiger partial charge in [0.2, 0.25) is 4.84 Å². The molecule has 0 bridgehead atoms. The summed E-state index contributed by atoms with van der Waals surface area (Å²) < 4.78 is 6.06. The summed E-state index contributed by atoms with van der Waals surface area (Å²) in [6.45, 7) is 8.85. The predicted molar refractivity (Wildman–Crippen MR) is 116 cm³/mol. The molecule has 0 amide bonds. The number of carbonyl (C=O) groups is 2. The number of carbonyl (C=O) groups excluding carboxylic acids is 2. The van der Waals surface area contributed by atoms with Gasteiger partial charge >= 0.3 is 5.97 Å². The summed E-state index contributed by atoms with van der Waals surface area (Å²) in [4.78, 5) is 23.8. The molecule has 0 heterocycles. The second-order valence-corrected chi connectivity index (χ2v) is 12.3. The number of hydrogen-bond donors (Lipinski definition) is 0. The first-order chi connectivity index (χ1) is 13.6. The molecule has 0 aromatic carbocycles. The number of halogens is 2. The molecule has 4 aliphatic carbocycles. The van der Waals surface area contributed by atoms with Crippen LogP contribution < -0.4 is 0 Å². The van der Waals surface area contributed by atoms with E-state index in [9.17, 15) is 9.59 Å². The third kappa shape index (κ3) is 3.47. The molecule has 0 aliphatic heterocycles. The Balaban J connectivity index is 1.73. The maximum absolute atomic E-state index is 12.5. The first-order valence-corrected chi connectivity index (χ1v) is 12.4. The van der Waals surface area contributed by atoms with Gasteiger partial charge in [0.25, 0.3) is 0 Å². The van der Waals surface area contributed by atoms with Crippen molar-refractivity contribution in [2.24, 2.45) is 46.3 Å². The second-order valence-electron chi connectivity index (χ2n) is 11.2. The third-order valence-electron chi connectivity index (χ3n) is 9.70. The van der Waals surface area contributed by atoms with Crippen LogP contribution in [0.4, 0.5) is 0 Å². The highest BCUT2D eigenvalue weighted by atomic mass is 35.5. The zero-order chi connectivity index (χ0) is 21.1. The van der Waals surface area contributed by atoms with Crippen molar-refractivity contribution in [3.05, 3.63) is 0 Å². The van der Waals surface area contributed by atoms with E-state index in [1.54, 1.807) is 6.92 Å². The van der Waals surface area contributed by atoms with Crippen LogP contribution in [-0.2, 0) is 14.3 Å². The molecule has 5 heteroatoms. The van der Waals surface area contributed by atoms with E-state index in [4.69, 9.17) is 27.9 Å². The van der Waals surface area contributed by atoms with Gasteiger partial charge in [-0.1, -0.05) is 50.4 Å². The minimum Gasteiger partial charge on any atom is -0.460 e. The Hall–Kier alpha value is -0.280. The number of hydrogen-bond acceptors (Lipinski definition) is 3. The van der Waals surface area contributed by atoms with E-state index >= 15 is 0 Å². The standard InChI is InChI=1S/C24H36Cl2O3/c1-13-5-6-15-7-8-16-18-10-9-17(14(2)27)24(18,4)12-19(29-22(28)21(25)26)20(16)23(15,3)11-13/h13,15-21H,5-12H2,1-4H3/t13-,15-,16+,17-,18+,19+,20-,23+,24-/m1/s1. The molecular weight excluding hydrogens is 407 g/mol. The lowest BCUT2D eigenvalue weighted by molar-refractivity contribution is -0.195. The fourth-order valence-corrected chi connectivity index (χ4v) is 8.84. The molecule has 0 unspecified atom stereocenters. The molecule has 0 aromatic heterocycles. The summed E-state index contributed by atoms with van der Waals surface area (Å²) in [6, 6.07) is 0. The predicted octanol–water partition coefficient (Wildman–Crippen LogP) is 6.20. The van der Waals surface area contributed by atoms with Crippen LogP contribution in [0.3, 0.4) is 0 Å². The zero-order valence-electron chi connectivity index (χ0n) is 18.3. The third-order valence-corrected chi connectivity index (χ3v) is 10.1. The lowest BCUT2D eigenvalue weighted by atomic mass is 9.43. The fourth-order valence-electron chi connectivity index (χ4n) is 8.74. The van der Waals surface area contributed by atoms with Gasteiger partial charge in [-0.3, -0.25) is 4.79 Å². The van der Waals surface area contributed by atoms with Gasteiger partial charge in [-0.25, -0.2) is 4.79 Å². The van der Waals surface area contributed by atoms with Gasteiger partial charge in [-0.2, -0.15) is 0 Å². The van der Waals surface area contributed by atoms with Crippen LogP contribution in [0.2, 0.25) is 0 Å². The maximum Gasteiger partial charge on any atom is 0.339 e. The highest BCUT2D eigenvalue weighted by molar-refractivity contribution is 6.52. The van der Waals surface area contributed by atoms with Crippen molar-refractivity contribution in [2.45, 2.75) is 90.0 Å². The summed E-state index contributed by atoms with van der Waals surface area (Å²) in [7, 11) is 0. The smallest absolute Gasteiger partial charge is 0.339 e. The molecule has 3 nitrogen and oxygen atoms in total. The van der Waals surface area contributed by atoms with Gasteiger partial charge < -0.3 is 4.74 Å². The first-order valence-electron chi connectivity index (χ1n) is 11.6. The molecule has 0 spiro atoms. The molecule has 9 atom stereocenters. The summed E-state index contributed by atoms with van der Waals surface area (Å²) in [6.07, 6.45) is 8.96. The largest absolute Gasteiger partial charge is 0.460 e. The summed E-state index contributed by atoms with van der Waals surface area (Å²) in [5, 5.41) is 0. The first kappa shape index (κ1) is 21.9. The van der Waals surface area contributed by atoms with E-state index in [0.717, 1.165) is 19.3 Å². The normalized spacial score (nSPS) is 49.1. The van der Waals surface area contributed by atoms with Crippen molar-refractivity contribution < 1.29 is 14.3 Å². The van der Waals surface area contributed by atoms with E-state index in [0.29, 0.717) is 29.6 Å². The number of ether oxygens (including phenoxy) is 1. The zero-order valence-corrected chi connectivity index (χ0v) is 19.8. The highest BCUT2D eigenvalue weighted by Crippen LogP contribution is 2.68. The lowest BCUT2D eigenvalue weighted by Gasteiger charge is -2.63. The Kier molecular flexibility index (Phi) is 5.82. The van der Waals surface area contributed by atoms with Crippen LogP contribution >= 0.6 is 23.2 Å². The van der Waals surface area contributed by atoms with Gasteiger partial charge in [-0.15, -0.1) is 0 Å². The van der Waals surface area contributed by atoms with Crippen molar-refractivity contribution in [1.29, 1.82) is 0 Å². The van der Waals surface area contributed by atoms with Crippen molar-refractivity contribution in [2.75, 3.05) is 0 Å². The molecule has 164 valence electrons.